The van der Waals surface area contributed by atoms with Crippen molar-refractivity contribution in [3.8, 4) is 5.75 Å². The van der Waals surface area contributed by atoms with Gasteiger partial charge in [0.15, 0.2) is 0 Å². The molecule has 0 saturated carbocycles. The van der Waals surface area contributed by atoms with Crippen LogP contribution in [0, 0.1) is 0 Å². The summed E-state index contributed by atoms with van der Waals surface area (Å²) in [5.74, 6) is 0.444. The van der Waals surface area contributed by atoms with Crippen LogP contribution in [-0.4, -0.2) is 45.1 Å². The first-order valence-corrected chi connectivity index (χ1v) is 6.11. The maximum atomic E-state index is 11.9. The van der Waals surface area contributed by atoms with E-state index in [1.165, 1.54) is 0 Å². The molecule has 1 aromatic carbocycles. The molecule has 1 amide bonds. The molecule has 0 aliphatic heterocycles. The summed E-state index contributed by atoms with van der Waals surface area (Å²) in [6.07, 6.45) is 0. The number of hydrogen-bond donors (Lipinski definition) is 1. The summed E-state index contributed by atoms with van der Waals surface area (Å²) in [6, 6.07) is 5.40. The number of methoxy groups -OCH3 is 1. The third-order valence-electron chi connectivity index (χ3n) is 2.26. The van der Waals surface area contributed by atoms with Gasteiger partial charge < -0.3 is 15.0 Å². The predicted octanol–water partition coefficient (Wildman–Crippen LogP) is 1.75. The number of carbonyl (C=O) groups is 1. The summed E-state index contributed by atoms with van der Waals surface area (Å²) in [7, 11) is 5.48. The highest BCUT2D eigenvalue weighted by molar-refractivity contribution is 9.10. The molecule has 0 atom stereocenters. The smallest absolute Gasteiger partial charge is 0.255 e. The number of halogens is 1. The number of para-hydroxylation sites is 1. The van der Waals surface area contributed by atoms with Gasteiger partial charge in [0.1, 0.15) is 5.75 Å². The zero-order valence-electron chi connectivity index (χ0n) is 10.3. The lowest BCUT2D eigenvalue weighted by atomic mass is 10.2. The zero-order valence-corrected chi connectivity index (χ0v) is 11.9. The zero-order chi connectivity index (χ0) is 12.8. The summed E-state index contributed by atoms with van der Waals surface area (Å²) in [5, 5.41) is 2.85. The summed E-state index contributed by atoms with van der Waals surface area (Å²) >= 11 is 3.35. The second kappa shape index (κ2) is 6.61. The SMILES string of the molecule is COc1c(Br)cccc1C(=O)NCCN(C)C. The Labute approximate surface area is 110 Å². The Bertz CT molecular complexity index is 394. The van der Waals surface area contributed by atoms with Crippen LogP contribution in [0.3, 0.4) is 0 Å². The number of likely N-dealkylation sites (N-methyl/N-ethyl adjacent to an activating group) is 1. The van der Waals surface area contributed by atoms with Crippen LogP contribution in [0.5, 0.6) is 5.75 Å². The van der Waals surface area contributed by atoms with Gasteiger partial charge in [-0.25, -0.2) is 0 Å². The van der Waals surface area contributed by atoms with E-state index in [-0.39, 0.29) is 5.91 Å². The van der Waals surface area contributed by atoms with Crippen molar-refractivity contribution in [2.45, 2.75) is 0 Å². The Hall–Kier alpha value is -1.07. The third kappa shape index (κ3) is 4.02. The predicted molar refractivity (Wildman–Crippen MR) is 71.6 cm³/mol. The van der Waals surface area contributed by atoms with E-state index in [9.17, 15) is 4.79 Å². The van der Waals surface area contributed by atoms with E-state index in [1.54, 1.807) is 13.2 Å². The van der Waals surface area contributed by atoms with E-state index in [1.807, 2.05) is 31.1 Å². The molecule has 0 aliphatic rings. The van der Waals surface area contributed by atoms with Crippen LogP contribution in [0.4, 0.5) is 0 Å². The Morgan fingerprint density at radius 3 is 2.76 bits per heavy atom. The van der Waals surface area contributed by atoms with Gasteiger partial charge in [-0.2, -0.15) is 0 Å². The molecule has 0 aliphatic carbocycles. The molecule has 0 bridgehead atoms. The van der Waals surface area contributed by atoms with Crippen molar-refractivity contribution in [1.29, 1.82) is 0 Å². The van der Waals surface area contributed by atoms with Crippen LogP contribution < -0.4 is 10.1 Å². The van der Waals surface area contributed by atoms with Gasteiger partial charge in [-0.15, -0.1) is 0 Å². The van der Waals surface area contributed by atoms with Crippen LogP contribution in [0.1, 0.15) is 10.4 Å². The first-order valence-electron chi connectivity index (χ1n) is 5.31. The van der Waals surface area contributed by atoms with Gasteiger partial charge in [-0.1, -0.05) is 6.07 Å². The number of nitrogens with one attached hydrogen (secondary N) is 1. The van der Waals surface area contributed by atoms with Crippen LogP contribution >= 0.6 is 15.9 Å². The molecule has 0 radical (unpaired) electrons. The van der Waals surface area contributed by atoms with E-state index >= 15 is 0 Å². The van der Waals surface area contributed by atoms with Crippen molar-refractivity contribution < 1.29 is 9.53 Å². The fourth-order valence-corrected chi connectivity index (χ4v) is 1.91. The summed E-state index contributed by atoms with van der Waals surface area (Å²) in [5.41, 5.74) is 0.542. The Balaban J connectivity index is 2.72. The lowest BCUT2D eigenvalue weighted by molar-refractivity contribution is 0.0948. The fourth-order valence-electron chi connectivity index (χ4n) is 1.38. The second-order valence-corrected chi connectivity index (χ2v) is 4.73. The van der Waals surface area contributed by atoms with Crippen molar-refractivity contribution in [3.05, 3.63) is 28.2 Å². The van der Waals surface area contributed by atoms with Crippen LogP contribution in [0.15, 0.2) is 22.7 Å². The van der Waals surface area contributed by atoms with Crippen molar-refractivity contribution in [2.24, 2.45) is 0 Å². The molecule has 0 fully saturated rings. The maximum Gasteiger partial charge on any atom is 0.255 e. The molecule has 17 heavy (non-hydrogen) atoms. The van der Waals surface area contributed by atoms with Gasteiger partial charge in [0, 0.05) is 13.1 Å². The Morgan fingerprint density at radius 2 is 2.18 bits per heavy atom. The molecule has 1 N–H and O–H groups in total. The lowest BCUT2D eigenvalue weighted by Crippen LogP contribution is -2.31. The van der Waals surface area contributed by atoms with Crippen molar-refractivity contribution in [3.63, 3.8) is 0 Å². The fraction of sp³-hybridized carbons (Fsp3) is 0.417. The highest BCUT2D eigenvalue weighted by Crippen LogP contribution is 2.28. The molecule has 0 spiro atoms. The van der Waals surface area contributed by atoms with Crippen LogP contribution in [0.2, 0.25) is 0 Å². The maximum absolute atomic E-state index is 11.9. The van der Waals surface area contributed by atoms with E-state index in [4.69, 9.17) is 4.74 Å². The van der Waals surface area contributed by atoms with Gasteiger partial charge in [-0.3, -0.25) is 4.79 Å². The number of amides is 1. The molecule has 1 aromatic rings. The number of hydrogen-bond acceptors (Lipinski definition) is 3. The standard InChI is InChI=1S/C12H17BrN2O2/c1-15(2)8-7-14-12(16)9-5-4-6-10(13)11(9)17-3/h4-6H,7-8H2,1-3H3,(H,14,16). The molecule has 0 heterocycles. The number of benzene rings is 1. The molecule has 1 rings (SSSR count). The number of nitrogens with zero attached hydrogens (tertiary/aromatic N) is 1. The molecule has 0 saturated heterocycles. The van der Waals surface area contributed by atoms with E-state index in [0.29, 0.717) is 17.9 Å². The minimum atomic E-state index is -0.120. The normalized spacial score (nSPS) is 10.4. The lowest BCUT2D eigenvalue weighted by Gasteiger charge is -2.12. The molecule has 0 aromatic heterocycles. The van der Waals surface area contributed by atoms with Gasteiger partial charge in [0.25, 0.3) is 5.91 Å². The molecular formula is C12H17BrN2O2. The minimum absolute atomic E-state index is 0.120. The first kappa shape index (κ1) is 14.0. The van der Waals surface area contributed by atoms with Gasteiger partial charge >= 0.3 is 0 Å². The average Bonchev–Trinajstić information content (AvgIpc) is 2.28. The number of rotatable bonds is 5. The Kier molecular flexibility index (Phi) is 5.44. The molecule has 5 heteroatoms. The number of ether oxygens (including phenoxy) is 1. The number of carbonyl (C=O) groups excluding carboxylic acids is 1. The summed E-state index contributed by atoms with van der Waals surface area (Å²) in [4.78, 5) is 13.9. The Morgan fingerprint density at radius 1 is 1.47 bits per heavy atom. The monoisotopic (exact) mass is 300 g/mol. The molecular weight excluding hydrogens is 284 g/mol. The summed E-state index contributed by atoms with van der Waals surface area (Å²) < 4.78 is 5.98. The van der Waals surface area contributed by atoms with Crippen molar-refractivity contribution in [1.82, 2.24) is 10.2 Å². The highest BCUT2D eigenvalue weighted by Gasteiger charge is 2.13. The third-order valence-corrected chi connectivity index (χ3v) is 2.88. The largest absolute Gasteiger partial charge is 0.495 e. The second-order valence-electron chi connectivity index (χ2n) is 3.88. The van der Waals surface area contributed by atoms with Crippen LogP contribution in [-0.2, 0) is 0 Å². The topological polar surface area (TPSA) is 41.6 Å². The van der Waals surface area contributed by atoms with Crippen LogP contribution in [0.25, 0.3) is 0 Å². The van der Waals surface area contributed by atoms with E-state index < -0.39 is 0 Å². The van der Waals surface area contributed by atoms with Crippen molar-refractivity contribution in [2.75, 3.05) is 34.3 Å². The van der Waals surface area contributed by atoms with E-state index in [0.717, 1.165) is 11.0 Å². The molecule has 94 valence electrons. The van der Waals surface area contributed by atoms with Gasteiger partial charge in [-0.05, 0) is 42.2 Å². The van der Waals surface area contributed by atoms with Gasteiger partial charge in [0.2, 0.25) is 0 Å². The van der Waals surface area contributed by atoms with E-state index in [2.05, 4.69) is 21.2 Å². The molecule has 0 unspecified atom stereocenters. The minimum Gasteiger partial charge on any atom is -0.495 e. The molecule has 4 nitrogen and oxygen atoms in total. The quantitative estimate of drug-likeness (QED) is 0.901. The average molecular weight is 301 g/mol. The first-order chi connectivity index (χ1) is 8.06. The highest BCUT2D eigenvalue weighted by atomic mass is 79.9. The van der Waals surface area contributed by atoms with Crippen molar-refractivity contribution >= 4 is 21.8 Å². The van der Waals surface area contributed by atoms with Gasteiger partial charge in [0.05, 0.1) is 17.1 Å². The summed E-state index contributed by atoms with van der Waals surface area (Å²) in [6.45, 7) is 1.42.